The van der Waals surface area contributed by atoms with Crippen LogP contribution in [0.25, 0.3) is 0 Å². The maximum Gasteiger partial charge on any atom is 0.317 e. The van der Waals surface area contributed by atoms with E-state index in [1.54, 1.807) is 0 Å². The van der Waals surface area contributed by atoms with Gasteiger partial charge in [0.15, 0.2) is 0 Å². The summed E-state index contributed by atoms with van der Waals surface area (Å²) >= 11 is 0. The number of carbonyl (C=O) groups excluding carboxylic acids is 2. The highest BCUT2D eigenvalue weighted by atomic mass is 16.2. The molecule has 10 heteroatoms. The van der Waals surface area contributed by atoms with Gasteiger partial charge in [0.2, 0.25) is 0 Å². The minimum absolute atomic E-state index is 0.0968. The van der Waals surface area contributed by atoms with Crippen LogP contribution in [0.1, 0.15) is 57.8 Å². The lowest BCUT2D eigenvalue weighted by Crippen LogP contribution is -2.54. The molecule has 4 aliphatic rings. The van der Waals surface area contributed by atoms with Crippen molar-refractivity contribution in [2.75, 3.05) is 62.2 Å². The number of nitrogens with one attached hydrogen (secondary N) is 2. The molecule has 0 aromatic carbocycles. The van der Waals surface area contributed by atoms with Crippen LogP contribution in [0.5, 0.6) is 0 Å². The number of rotatable bonds is 6. The first-order valence-corrected chi connectivity index (χ1v) is 16.5. The van der Waals surface area contributed by atoms with Gasteiger partial charge >= 0.3 is 12.1 Å². The van der Waals surface area contributed by atoms with Crippen molar-refractivity contribution in [2.24, 2.45) is 11.8 Å². The van der Waals surface area contributed by atoms with Crippen LogP contribution in [0.4, 0.5) is 21.2 Å². The number of hydrogen-bond donors (Lipinski definition) is 2. The molecule has 0 unspecified atom stereocenters. The second-order valence-electron chi connectivity index (χ2n) is 12.9. The summed E-state index contributed by atoms with van der Waals surface area (Å²) in [7, 11) is 0. The molecule has 0 atom stereocenters. The highest BCUT2D eigenvalue weighted by Crippen LogP contribution is 2.35. The van der Waals surface area contributed by atoms with E-state index in [9.17, 15) is 9.59 Å². The maximum atomic E-state index is 12.9. The second-order valence-corrected chi connectivity index (χ2v) is 12.9. The van der Waals surface area contributed by atoms with Gasteiger partial charge in [-0.25, -0.2) is 19.6 Å². The molecule has 2 aromatic heterocycles. The van der Waals surface area contributed by atoms with Crippen molar-refractivity contribution in [3.63, 3.8) is 0 Å². The van der Waals surface area contributed by atoms with Crippen molar-refractivity contribution in [3.8, 4) is 0 Å². The molecule has 2 aliphatic carbocycles. The van der Waals surface area contributed by atoms with Crippen LogP contribution in [0.15, 0.2) is 48.8 Å². The average Bonchev–Trinajstić information content (AvgIpc) is 3.07. The van der Waals surface area contributed by atoms with Gasteiger partial charge in [0, 0.05) is 76.8 Å². The maximum absolute atomic E-state index is 12.9. The molecule has 4 fully saturated rings. The van der Waals surface area contributed by atoms with Crippen LogP contribution in [-0.2, 0) is 0 Å². The smallest absolute Gasteiger partial charge is 0.317 e. The number of carbonyl (C=O) groups is 2. The molecule has 0 bridgehead atoms. The predicted octanol–water partition coefficient (Wildman–Crippen LogP) is 4.35. The van der Waals surface area contributed by atoms with E-state index in [2.05, 4.69) is 30.4 Å². The zero-order valence-corrected chi connectivity index (χ0v) is 25.4. The summed E-state index contributed by atoms with van der Waals surface area (Å²) in [6.07, 6.45) is 14.1. The number of nitrogens with zero attached hydrogens (tertiary/aromatic N) is 6. The fourth-order valence-corrected chi connectivity index (χ4v) is 7.45. The van der Waals surface area contributed by atoms with E-state index in [-0.39, 0.29) is 12.1 Å². The van der Waals surface area contributed by atoms with Crippen molar-refractivity contribution in [1.29, 1.82) is 0 Å². The lowest BCUT2D eigenvalue weighted by molar-refractivity contribution is 0.172. The number of amides is 4. The van der Waals surface area contributed by atoms with Crippen molar-refractivity contribution < 1.29 is 9.59 Å². The van der Waals surface area contributed by atoms with Gasteiger partial charge < -0.3 is 30.2 Å². The molecule has 2 aliphatic heterocycles. The Morgan fingerprint density at radius 2 is 0.977 bits per heavy atom. The monoisotopic (exact) mass is 588 g/mol. The fraction of sp³-hybridized carbons (Fsp3) is 0.636. The van der Waals surface area contributed by atoms with Crippen LogP contribution < -0.4 is 20.4 Å². The van der Waals surface area contributed by atoms with Crippen molar-refractivity contribution >= 4 is 23.7 Å². The molecule has 232 valence electrons. The van der Waals surface area contributed by atoms with Crippen LogP contribution >= 0.6 is 0 Å². The third-order valence-corrected chi connectivity index (χ3v) is 10.1. The van der Waals surface area contributed by atoms with Crippen molar-refractivity contribution in [3.05, 3.63) is 48.8 Å². The average molecular weight is 589 g/mol. The van der Waals surface area contributed by atoms with Crippen LogP contribution in [0.3, 0.4) is 0 Å². The molecule has 2 saturated carbocycles. The van der Waals surface area contributed by atoms with E-state index < -0.39 is 0 Å². The largest absolute Gasteiger partial charge is 0.353 e. The first-order chi connectivity index (χ1) is 21.1. The Balaban J connectivity index is 0.837. The van der Waals surface area contributed by atoms with E-state index in [0.29, 0.717) is 12.1 Å². The molecule has 43 heavy (non-hydrogen) atoms. The minimum Gasteiger partial charge on any atom is -0.353 e. The Bertz CT molecular complexity index is 1060. The normalized spacial score (nSPS) is 26.6. The predicted molar refractivity (Wildman–Crippen MR) is 169 cm³/mol. The summed E-state index contributed by atoms with van der Waals surface area (Å²) < 4.78 is 0. The van der Waals surface area contributed by atoms with Gasteiger partial charge in [-0.15, -0.1) is 0 Å². The summed E-state index contributed by atoms with van der Waals surface area (Å²) in [5, 5.41) is 6.66. The highest BCUT2D eigenvalue weighted by molar-refractivity contribution is 5.75. The van der Waals surface area contributed by atoms with Crippen LogP contribution in [0, 0.1) is 11.8 Å². The molecule has 2 aromatic rings. The quantitative estimate of drug-likeness (QED) is 0.521. The zero-order chi connectivity index (χ0) is 29.4. The summed E-state index contributed by atoms with van der Waals surface area (Å²) in [5.74, 6) is 3.51. The molecule has 0 spiro atoms. The first kappa shape index (κ1) is 29.5. The molecule has 10 nitrogen and oxygen atoms in total. The summed E-state index contributed by atoms with van der Waals surface area (Å²) in [6.45, 7) is 6.26. The summed E-state index contributed by atoms with van der Waals surface area (Å²) in [4.78, 5) is 43.2. The SMILES string of the molecule is O=C(NC1CCC(CC2CCC(NC(=O)N3CCN(c4ccccn4)CC3)CC2)CC1)N1CCN(c2ccccn2)CC1. The van der Waals surface area contributed by atoms with Gasteiger partial charge in [-0.3, -0.25) is 0 Å². The van der Waals surface area contributed by atoms with E-state index in [4.69, 9.17) is 0 Å². The lowest BCUT2D eigenvalue weighted by Gasteiger charge is -2.38. The van der Waals surface area contributed by atoms with Crippen molar-refractivity contribution in [1.82, 2.24) is 30.4 Å². The van der Waals surface area contributed by atoms with Gasteiger partial charge in [0.1, 0.15) is 11.6 Å². The molecular weight excluding hydrogens is 540 g/mol. The van der Waals surface area contributed by atoms with E-state index in [1.165, 1.54) is 32.1 Å². The topological polar surface area (TPSA) is 96.9 Å². The molecule has 4 amide bonds. The van der Waals surface area contributed by atoms with E-state index in [0.717, 1.165) is 102 Å². The Labute approximate surface area is 256 Å². The summed E-state index contributed by atoms with van der Waals surface area (Å²) in [6, 6.07) is 12.8. The minimum atomic E-state index is 0.0968. The van der Waals surface area contributed by atoms with Crippen molar-refractivity contribution in [2.45, 2.75) is 69.9 Å². The van der Waals surface area contributed by atoms with Gasteiger partial charge in [0.05, 0.1) is 0 Å². The number of urea groups is 2. The van der Waals surface area contributed by atoms with E-state index >= 15 is 0 Å². The molecular formula is C33H48N8O2. The molecule has 2 N–H and O–H groups in total. The Morgan fingerprint density at radius 1 is 0.581 bits per heavy atom. The first-order valence-electron chi connectivity index (χ1n) is 16.5. The second kappa shape index (κ2) is 14.3. The Hall–Kier alpha value is -3.56. The van der Waals surface area contributed by atoms with Crippen LogP contribution in [0.2, 0.25) is 0 Å². The van der Waals surface area contributed by atoms with Gasteiger partial charge in [0.25, 0.3) is 0 Å². The third kappa shape index (κ3) is 7.89. The third-order valence-electron chi connectivity index (χ3n) is 10.1. The molecule has 0 radical (unpaired) electrons. The number of pyridine rings is 2. The van der Waals surface area contributed by atoms with Gasteiger partial charge in [-0.2, -0.15) is 0 Å². The number of hydrogen-bond acceptors (Lipinski definition) is 6. The molecule has 4 heterocycles. The van der Waals surface area contributed by atoms with Gasteiger partial charge in [-0.1, -0.05) is 12.1 Å². The highest BCUT2D eigenvalue weighted by Gasteiger charge is 2.30. The lowest BCUT2D eigenvalue weighted by atomic mass is 9.75. The number of piperazine rings is 2. The molecule has 6 rings (SSSR count). The number of anilines is 2. The van der Waals surface area contributed by atoms with Crippen LogP contribution in [-0.4, -0.2) is 96.3 Å². The van der Waals surface area contributed by atoms with E-state index in [1.807, 2.05) is 58.6 Å². The fourth-order valence-electron chi connectivity index (χ4n) is 7.45. The Kier molecular flexibility index (Phi) is 9.80. The molecule has 2 saturated heterocycles. The Morgan fingerprint density at radius 3 is 1.33 bits per heavy atom. The zero-order valence-electron chi connectivity index (χ0n) is 25.4. The standard InChI is InChI=1S/C33H48N8O2/c42-32(40-21-17-38(18-22-40)30-5-1-3-15-34-30)36-28-11-7-26(8-12-28)25-27-9-13-29(14-10-27)37-33(43)41-23-19-39(20-24-41)31-6-2-4-16-35-31/h1-6,15-16,26-29H,7-14,17-25H2,(H,36,42)(H,37,43). The summed E-state index contributed by atoms with van der Waals surface area (Å²) in [5.41, 5.74) is 0. The number of aromatic nitrogens is 2. The van der Waals surface area contributed by atoms with Gasteiger partial charge in [-0.05, 0) is 93.9 Å².